The fourth-order valence-corrected chi connectivity index (χ4v) is 2.32. The summed E-state index contributed by atoms with van der Waals surface area (Å²) >= 11 is 0. The van der Waals surface area contributed by atoms with E-state index in [0.717, 1.165) is 11.8 Å². The highest BCUT2D eigenvalue weighted by molar-refractivity contribution is 6.03. The summed E-state index contributed by atoms with van der Waals surface area (Å²) in [5.41, 5.74) is 1.94. The van der Waals surface area contributed by atoms with Gasteiger partial charge in [-0.15, -0.1) is 0 Å². The van der Waals surface area contributed by atoms with Crippen LogP contribution in [0, 0.1) is 5.82 Å². The van der Waals surface area contributed by atoms with Gasteiger partial charge in [-0.2, -0.15) is 0 Å². The van der Waals surface area contributed by atoms with Crippen molar-refractivity contribution in [1.29, 1.82) is 0 Å². The molecule has 21 heavy (non-hydrogen) atoms. The first kappa shape index (κ1) is 13.3. The van der Waals surface area contributed by atoms with E-state index in [1.165, 1.54) is 13.2 Å². The molecular weight excluding hydrogens is 271 g/mol. The molecule has 3 rings (SSSR count). The fourth-order valence-electron chi connectivity index (χ4n) is 2.32. The number of fused-ring (bicyclic) bond motifs is 1. The Morgan fingerprint density at radius 2 is 2.10 bits per heavy atom. The van der Waals surface area contributed by atoms with Crippen LogP contribution in [0.5, 0.6) is 0 Å². The van der Waals surface area contributed by atoms with Gasteiger partial charge in [0.05, 0.1) is 18.9 Å². The summed E-state index contributed by atoms with van der Waals surface area (Å²) in [5.74, 6) is -0.982. The molecular formula is C16H13FN2O2. The monoisotopic (exact) mass is 284 g/mol. The highest BCUT2D eigenvalue weighted by Gasteiger charge is 2.17. The van der Waals surface area contributed by atoms with E-state index in [1.807, 2.05) is 34.9 Å². The number of methoxy groups -OCH3 is 1. The van der Waals surface area contributed by atoms with Crippen LogP contribution in [0.15, 0.2) is 48.8 Å². The van der Waals surface area contributed by atoms with E-state index in [9.17, 15) is 9.18 Å². The maximum Gasteiger partial charge on any atom is 0.340 e. The van der Waals surface area contributed by atoms with Gasteiger partial charge < -0.3 is 9.30 Å². The summed E-state index contributed by atoms with van der Waals surface area (Å²) in [6, 6.07) is 11.1. The van der Waals surface area contributed by atoms with Crippen molar-refractivity contribution in [1.82, 2.24) is 9.55 Å². The fraction of sp³-hybridized carbons (Fsp3) is 0.125. The quantitative estimate of drug-likeness (QED) is 0.694. The standard InChI is InChI=1S/C16H13FN2O2/c1-21-16(20)14-10-19(9-11-5-3-2-4-6-11)15-13(14)7-12(17)8-18-15/h2-8,10H,9H2,1H3. The minimum atomic E-state index is -0.501. The molecule has 0 unspecified atom stereocenters. The molecule has 0 amide bonds. The van der Waals surface area contributed by atoms with Crippen molar-refractivity contribution in [2.24, 2.45) is 0 Å². The SMILES string of the molecule is COC(=O)c1cn(Cc2ccccc2)c2ncc(F)cc12. The molecule has 5 heteroatoms. The number of hydrogen-bond donors (Lipinski definition) is 0. The number of esters is 1. The van der Waals surface area contributed by atoms with Crippen LogP contribution >= 0.6 is 0 Å². The van der Waals surface area contributed by atoms with Gasteiger partial charge in [-0.1, -0.05) is 30.3 Å². The molecule has 0 fully saturated rings. The second-order valence-electron chi connectivity index (χ2n) is 4.67. The van der Waals surface area contributed by atoms with Gasteiger partial charge in [0.1, 0.15) is 11.5 Å². The second kappa shape index (κ2) is 5.36. The third kappa shape index (κ3) is 2.50. The van der Waals surface area contributed by atoms with Crippen molar-refractivity contribution in [2.75, 3.05) is 7.11 Å². The van der Waals surface area contributed by atoms with Crippen molar-refractivity contribution in [3.8, 4) is 0 Å². The zero-order chi connectivity index (χ0) is 14.8. The summed E-state index contributed by atoms with van der Waals surface area (Å²) in [7, 11) is 1.30. The summed E-state index contributed by atoms with van der Waals surface area (Å²) in [6.07, 6.45) is 2.79. The molecule has 1 aromatic carbocycles. The van der Waals surface area contributed by atoms with E-state index in [4.69, 9.17) is 4.74 Å². The molecule has 0 aliphatic rings. The molecule has 106 valence electrons. The van der Waals surface area contributed by atoms with E-state index >= 15 is 0 Å². The molecule has 0 bridgehead atoms. The summed E-state index contributed by atoms with van der Waals surface area (Å²) in [5, 5.41) is 0.456. The minimum absolute atomic E-state index is 0.315. The molecule has 2 aromatic heterocycles. The lowest BCUT2D eigenvalue weighted by Gasteiger charge is -2.04. The third-order valence-corrected chi connectivity index (χ3v) is 3.28. The van der Waals surface area contributed by atoms with Crippen LogP contribution in [0.3, 0.4) is 0 Å². The molecule has 0 radical (unpaired) electrons. The Bertz CT molecular complexity index is 797. The Morgan fingerprint density at radius 1 is 1.33 bits per heavy atom. The average Bonchev–Trinajstić information content (AvgIpc) is 2.85. The number of ether oxygens (including phenoxy) is 1. The average molecular weight is 284 g/mol. The normalized spacial score (nSPS) is 10.8. The smallest absolute Gasteiger partial charge is 0.340 e. The largest absolute Gasteiger partial charge is 0.465 e. The Labute approximate surface area is 120 Å². The Kier molecular flexibility index (Phi) is 3.39. The predicted molar refractivity (Wildman–Crippen MR) is 76.6 cm³/mol. The molecule has 0 saturated carbocycles. The first-order chi connectivity index (χ1) is 10.2. The lowest BCUT2D eigenvalue weighted by Crippen LogP contribution is -2.01. The highest BCUT2D eigenvalue weighted by atomic mass is 19.1. The number of pyridine rings is 1. The van der Waals surface area contributed by atoms with Crippen molar-refractivity contribution >= 4 is 17.0 Å². The van der Waals surface area contributed by atoms with Gasteiger partial charge >= 0.3 is 5.97 Å². The van der Waals surface area contributed by atoms with E-state index in [2.05, 4.69) is 4.98 Å². The van der Waals surface area contributed by atoms with Crippen molar-refractivity contribution in [2.45, 2.75) is 6.54 Å². The first-order valence-corrected chi connectivity index (χ1v) is 6.45. The lowest BCUT2D eigenvalue weighted by molar-refractivity contribution is 0.0602. The third-order valence-electron chi connectivity index (χ3n) is 3.28. The van der Waals surface area contributed by atoms with Gasteiger partial charge in [0.25, 0.3) is 0 Å². The van der Waals surface area contributed by atoms with Crippen LogP contribution in [-0.4, -0.2) is 22.6 Å². The summed E-state index contributed by atoms with van der Waals surface area (Å²) in [4.78, 5) is 15.9. The molecule has 0 N–H and O–H groups in total. The number of hydrogen-bond acceptors (Lipinski definition) is 3. The topological polar surface area (TPSA) is 44.1 Å². The van der Waals surface area contributed by atoms with Gasteiger partial charge in [0, 0.05) is 18.1 Å². The molecule has 0 saturated heterocycles. The Morgan fingerprint density at radius 3 is 2.81 bits per heavy atom. The molecule has 0 spiro atoms. The zero-order valence-corrected chi connectivity index (χ0v) is 11.4. The van der Waals surface area contributed by atoms with Crippen molar-refractivity contribution in [3.63, 3.8) is 0 Å². The van der Waals surface area contributed by atoms with Crippen molar-refractivity contribution < 1.29 is 13.9 Å². The van der Waals surface area contributed by atoms with Gasteiger partial charge in [-0.3, -0.25) is 0 Å². The van der Waals surface area contributed by atoms with Crippen LogP contribution in [-0.2, 0) is 11.3 Å². The maximum atomic E-state index is 13.4. The number of carbonyl (C=O) groups is 1. The number of rotatable bonds is 3. The molecule has 0 atom stereocenters. The van der Waals surface area contributed by atoms with E-state index in [1.54, 1.807) is 6.20 Å². The molecule has 0 aliphatic carbocycles. The van der Waals surface area contributed by atoms with Gasteiger partial charge in [-0.05, 0) is 11.6 Å². The second-order valence-corrected chi connectivity index (χ2v) is 4.67. The number of aromatic nitrogens is 2. The predicted octanol–water partition coefficient (Wildman–Crippen LogP) is 3.01. The van der Waals surface area contributed by atoms with Crippen LogP contribution < -0.4 is 0 Å². The number of halogens is 1. The molecule has 3 aromatic rings. The lowest BCUT2D eigenvalue weighted by atomic mass is 10.2. The molecule has 4 nitrogen and oxygen atoms in total. The first-order valence-electron chi connectivity index (χ1n) is 6.45. The van der Waals surface area contributed by atoms with Gasteiger partial charge in [0.15, 0.2) is 0 Å². The number of benzene rings is 1. The number of nitrogens with zero attached hydrogens (tertiary/aromatic N) is 2. The van der Waals surface area contributed by atoms with Crippen molar-refractivity contribution in [3.05, 3.63) is 65.7 Å². The van der Waals surface area contributed by atoms with Crippen LogP contribution in [0.1, 0.15) is 15.9 Å². The number of carbonyl (C=O) groups excluding carboxylic acids is 1. The summed E-state index contributed by atoms with van der Waals surface area (Å²) < 4.78 is 20.0. The zero-order valence-electron chi connectivity index (χ0n) is 11.4. The van der Waals surface area contributed by atoms with Crippen LogP contribution in [0.25, 0.3) is 11.0 Å². The van der Waals surface area contributed by atoms with E-state index < -0.39 is 11.8 Å². The Hall–Kier alpha value is -2.69. The molecule has 2 heterocycles. The van der Waals surface area contributed by atoms with Crippen LogP contribution in [0.2, 0.25) is 0 Å². The maximum absolute atomic E-state index is 13.4. The van der Waals surface area contributed by atoms with E-state index in [-0.39, 0.29) is 0 Å². The highest BCUT2D eigenvalue weighted by Crippen LogP contribution is 2.22. The van der Waals surface area contributed by atoms with Crippen LogP contribution in [0.4, 0.5) is 4.39 Å². The minimum Gasteiger partial charge on any atom is -0.465 e. The van der Waals surface area contributed by atoms with Gasteiger partial charge in [0.2, 0.25) is 0 Å². The summed E-state index contributed by atoms with van der Waals surface area (Å²) in [6.45, 7) is 0.549. The Balaban J connectivity index is 2.12. The van der Waals surface area contributed by atoms with E-state index in [0.29, 0.717) is 23.1 Å². The van der Waals surface area contributed by atoms with Gasteiger partial charge in [-0.25, -0.2) is 14.2 Å². The molecule has 0 aliphatic heterocycles.